The summed E-state index contributed by atoms with van der Waals surface area (Å²) in [5.74, 6) is 0.779. The summed E-state index contributed by atoms with van der Waals surface area (Å²) in [6, 6.07) is 0.460. The van der Waals surface area contributed by atoms with Gasteiger partial charge >= 0.3 is 0 Å². The monoisotopic (exact) mass is 199 g/mol. The summed E-state index contributed by atoms with van der Waals surface area (Å²) < 4.78 is 0. The van der Waals surface area contributed by atoms with Crippen molar-refractivity contribution in [2.75, 3.05) is 0 Å². The van der Waals surface area contributed by atoms with Gasteiger partial charge in [-0.1, -0.05) is 52.9 Å². The summed E-state index contributed by atoms with van der Waals surface area (Å²) in [7, 11) is 0. The first-order valence-electron chi connectivity index (χ1n) is 6.51. The highest BCUT2D eigenvalue weighted by molar-refractivity contribution is 4.72. The molecule has 0 spiro atoms. The maximum absolute atomic E-state index is 6.23. The van der Waals surface area contributed by atoms with Crippen LogP contribution in [0.15, 0.2) is 0 Å². The number of rotatable bonds is 9. The van der Waals surface area contributed by atoms with E-state index in [0.29, 0.717) is 6.04 Å². The number of unbranched alkanes of at least 4 members (excludes halogenated alkanes) is 2. The summed E-state index contributed by atoms with van der Waals surface area (Å²) in [5, 5.41) is 0. The van der Waals surface area contributed by atoms with Crippen LogP contribution >= 0.6 is 0 Å². The molecular weight excluding hydrogens is 170 g/mol. The molecule has 14 heavy (non-hydrogen) atoms. The third-order valence-corrected chi connectivity index (χ3v) is 3.07. The van der Waals surface area contributed by atoms with Gasteiger partial charge < -0.3 is 5.73 Å². The quantitative estimate of drug-likeness (QED) is 0.556. The van der Waals surface area contributed by atoms with Crippen LogP contribution in [0.4, 0.5) is 0 Å². The average molecular weight is 199 g/mol. The van der Waals surface area contributed by atoms with E-state index < -0.39 is 0 Å². The first-order chi connectivity index (χ1) is 6.76. The Labute approximate surface area is 90.5 Å². The third-order valence-electron chi connectivity index (χ3n) is 3.07. The number of nitrogens with two attached hydrogens (primary N) is 1. The molecule has 86 valence electrons. The zero-order valence-electron chi connectivity index (χ0n) is 10.4. The van der Waals surface area contributed by atoms with E-state index in [1.54, 1.807) is 0 Å². The van der Waals surface area contributed by atoms with Gasteiger partial charge in [0.1, 0.15) is 0 Å². The molecule has 0 aliphatic rings. The first-order valence-corrected chi connectivity index (χ1v) is 6.51. The Balaban J connectivity index is 3.69. The fourth-order valence-electron chi connectivity index (χ4n) is 2.18. The van der Waals surface area contributed by atoms with Crippen molar-refractivity contribution in [3.05, 3.63) is 0 Å². The highest BCUT2D eigenvalue weighted by Gasteiger charge is 2.15. The summed E-state index contributed by atoms with van der Waals surface area (Å²) in [6.07, 6.45) is 10.4. The highest BCUT2D eigenvalue weighted by Crippen LogP contribution is 2.20. The molecule has 2 N–H and O–H groups in total. The van der Waals surface area contributed by atoms with Crippen molar-refractivity contribution in [1.29, 1.82) is 0 Å². The van der Waals surface area contributed by atoms with Crippen LogP contribution < -0.4 is 5.73 Å². The Morgan fingerprint density at radius 3 is 1.79 bits per heavy atom. The molecule has 0 aliphatic carbocycles. The SMILES string of the molecule is CCCCCC(N)C(CCC)CCC. The molecule has 0 aromatic heterocycles. The molecule has 0 fully saturated rings. The molecule has 0 heterocycles. The molecule has 1 nitrogen and oxygen atoms in total. The van der Waals surface area contributed by atoms with Gasteiger partial charge in [0.15, 0.2) is 0 Å². The lowest BCUT2D eigenvalue weighted by molar-refractivity contribution is 0.340. The average Bonchev–Trinajstić information content (AvgIpc) is 2.18. The fraction of sp³-hybridized carbons (Fsp3) is 1.00. The standard InChI is InChI=1S/C13H29N/c1-4-7-8-11-13(14)12(9-5-2)10-6-3/h12-13H,4-11,14H2,1-3H3. The van der Waals surface area contributed by atoms with Crippen molar-refractivity contribution in [1.82, 2.24) is 0 Å². The van der Waals surface area contributed by atoms with Crippen LogP contribution in [0.3, 0.4) is 0 Å². The largest absolute Gasteiger partial charge is 0.327 e. The minimum absolute atomic E-state index is 0.460. The van der Waals surface area contributed by atoms with Crippen molar-refractivity contribution < 1.29 is 0 Å². The Kier molecular flexibility index (Phi) is 9.49. The summed E-state index contributed by atoms with van der Waals surface area (Å²) in [5.41, 5.74) is 6.23. The van der Waals surface area contributed by atoms with Crippen LogP contribution in [-0.2, 0) is 0 Å². The van der Waals surface area contributed by atoms with E-state index in [9.17, 15) is 0 Å². The van der Waals surface area contributed by atoms with Crippen LogP contribution in [0.25, 0.3) is 0 Å². The normalized spacial score (nSPS) is 13.5. The smallest absolute Gasteiger partial charge is 0.00671 e. The molecule has 0 saturated heterocycles. The second-order valence-electron chi connectivity index (χ2n) is 4.50. The van der Waals surface area contributed by atoms with Crippen molar-refractivity contribution in [3.8, 4) is 0 Å². The molecule has 0 aromatic carbocycles. The van der Waals surface area contributed by atoms with E-state index in [1.165, 1.54) is 51.4 Å². The maximum Gasteiger partial charge on any atom is 0.00671 e. The van der Waals surface area contributed by atoms with Crippen molar-refractivity contribution in [3.63, 3.8) is 0 Å². The second-order valence-corrected chi connectivity index (χ2v) is 4.50. The maximum atomic E-state index is 6.23. The lowest BCUT2D eigenvalue weighted by atomic mass is 9.88. The molecule has 0 bridgehead atoms. The van der Waals surface area contributed by atoms with Crippen LogP contribution in [0.1, 0.15) is 72.1 Å². The molecular formula is C13H29N. The van der Waals surface area contributed by atoms with Crippen molar-refractivity contribution in [2.24, 2.45) is 11.7 Å². The second kappa shape index (κ2) is 9.51. The van der Waals surface area contributed by atoms with E-state index in [0.717, 1.165) is 5.92 Å². The first kappa shape index (κ1) is 14.0. The molecule has 1 heteroatoms. The van der Waals surface area contributed by atoms with Gasteiger partial charge in [-0.2, -0.15) is 0 Å². The zero-order chi connectivity index (χ0) is 10.8. The van der Waals surface area contributed by atoms with E-state index in [4.69, 9.17) is 5.73 Å². The molecule has 0 radical (unpaired) electrons. The van der Waals surface area contributed by atoms with Gasteiger partial charge in [-0.05, 0) is 25.2 Å². The molecule has 1 unspecified atom stereocenters. The van der Waals surface area contributed by atoms with Gasteiger partial charge in [-0.25, -0.2) is 0 Å². The number of hydrogen-bond acceptors (Lipinski definition) is 1. The zero-order valence-corrected chi connectivity index (χ0v) is 10.4. The molecule has 0 saturated carbocycles. The van der Waals surface area contributed by atoms with Gasteiger partial charge in [0.25, 0.3) is 0 Å². The van der Waals surface area contributed by atoms with Crippen LogP contribution in [0.2, 0.25) is 0 Å². The predicted molar refractivity (Wildman–Crippen MR) is 65.4 cm³/mol. The van der Waals surface area contributed by atoms with E-state index in [1.807, 2.05) is 0 Å². The van der Waals surface area contributed by atoms with Crippen LogP contribution in [-0.4, -0.2) is 6.04 Å². The van der Waals surface area contributed by atoms with Crippen molar-refractivity contribution in [2.45, 2.75) is 78.2 Å². The molecule has 1 atom stereocenters. The Hall–Kier alpha value is -0.0400. The van der Waals surface area contributed by atoms with E-state index in [-0.39, 0.29) is 0 Å². The van der Waals surface area contributed by atoms with Crippen LogP contribution in [0.5, 0.6) is 0 Å². The summed E-state index contributed by atoms with van der Waals surface area (Å²) >= 11 is 0. The van der Waals surface area contributed by atoms with E-state index in [2.05, 4.69) is 20.8 Å². The van der Waals surface area contributed by atoms with Gasteiger partial charge in [0.05, 0.1) is 0 Å². The Morgan fingerprint density at radius 1 is 0.786 bits per heavy atom. The lowest BCUT2D eigenvalue weighted by Gasteiger charge is -2.23. The molecule has 0 aromatic rings. The summed E-state index contributed by atoms with van der Waals surface area (Å²) in [6.45, 7) is 6.78. The van der Waals surface area contributed by atoms with E-state index >= 15 is 0 Å². The molecule has 0 aliphatic heterocycles. The van der Waals surface area contributed by atoms with Gasteiger partial charge in [0, 0.05) is 6.04 Å². The molecule has 0 amide bonds. The Bertz CT molecular complexity index is 106. The highest BCUT2D eigenvalue weighted by atomic mass is 14.6. The molecule has 0 rings (SSSR count). The Morgan fingerprint density at radius 2 is 1.36 bits per heavy atom. The topological polar surface area (TPSA) is 26.0 Å². The van der Waals surface area contributed by atoms with Crippen molar-refractivity contribution >= 4 is 0 Å². The minimum atomic E-state index is 0.460. The van der Waals surface area contributed by atoms with Gasteiger partial charge in [-0.15, -0.1) is 0 Å². The predicted octanol–water partition coefficient (Wildman–Crippen LogP) is 4.11. The van der Waals surface area contributed by atoms with Gasteiger partial charge in [0.2, 0.25) is 0 Å². The van der Waals surface area contributed by atoms with Crippen LogP contribution in [0, 0.1) is 5.92 Å². The fourth-order valence-corrected chi connectivity index (χ4v) is 2.18. The third kappa shape index (κ3) is 6.42. The lowest BCUT2D eigenvalue weighted by Crippen LogP contribution is -2.30. The minimum Gasteiger partial charge on any atom is -0.327 e. The van der Waals surface area contributed by atoms with Gasteiger partial charge in [-0.3, -0.25) is 0 Å². The summed E-state index contributed by atoms with van der Waals surface area (Å²) in [4.78, 5) is 0. The number of hydrogen-bond donors (Lipinski definition) is 1.